The number of halogens is 1. The molecule has 0 aliphatic heterocycles. The number of aryl methyl sites for hydroxylation is 3. The standard InChI is InChI=1S/C17H16BrN5OS/c1-9-6-12(4-5-13(9)18)21-15(24)14-8-25-17(22-14)23-16-19-10(2)7-11(3)20-16/h4-8H,1-3H3,(H,21,24)(H,19,20,22,23). The summed E-state index contributed by atoms with van der Waals surface area (Å²) in [6, 6.07) is 7.53. The zero-order valence-corrected chi connectivity index (χ0v) is 16.3. The van der Waals surface area contributed by atoms with Crippen molar-refractivity contribution in [2.75, 3.05) is 10.6 Å². The summed E-state index contributed by atoms with van der Waals surface area (Å²) in [4.78, 5) is 25.3. The number of hydrogen-bond acceptors (Lipinski definition) is 6. The van der Waals surface area contributed by atoms with Gasteiger partial charge in [-0.1, -0.05) is 15.9 Å². The van der Waals surface area contributed by atoms with E-state index in [2.05, 4.69) is 41.5 Å². The van der Waals surface area contributed by atoms with E-state index in [-0.39, 0.29) is 5.91 Å². The topological polar surface area (TPSA) is 79.8 Å². The predicted molar refractivity (Wildman–Crippen MR) is 104 cm³/mol. The molecule has 0 spiro atoms. The molecule has 0 atom stereocenters. The van der Waals surface area contributed by atoms with Crippen LogP contribution in [0.25, 0.3) is 0 Å². The summed E-state index contributed by atoms with van der Waals surface area (Å²) in [6.07, 6.45) is 0. The Balaban J connectivity index is 1.71. The summed E-state index contributed by atoms with van der Waals surface area (Å²) in [5.74, 6) is 0.217. The molecule has 0 bridgehead atoms. The number of aromatic nitrogens is 3. The number of nitrogens with zero attached hydrogens (tertiary/aromatic N) is 3. The number of anilines is 3. The third kappa shape index (κ3) is 4.40. The lowest BCUT2D eigenvalue weighted by Gasteiger charge is -2.05. The first-order valence-corrected chi connectivity index (χ1v) is 9.20. The molecular weight excluding hydrogens is 402 g/mol. The lowest BCUT2D eigenvalue weighted by atomic mass is 10.2. The molecular formula is C17H16BrN5OS. The molecule has 8 heteroatoms. The van der Waals surface area contributed by atoms with Crippen LogP contribution in [0.4, 0.5) is 16.8 Å². The molecule has 1 amide bonds. The second-order valence-corrected chi connectivity index (χ2v) is 7.27. The highest BCUT2D eigenvalue weighted by molar-refractivity contribution is 9.10. The minimum absolute atomic E-state index is 0.257. The Kier molecular flexibility index (Phi) is 5.10. The Hall–Kier alpha value is -2.32. The largest absolute Gasteiger partial charge is 0.321 e. The number of thiazole rings is 1. The maximum absolute atomic E-state index is 12.3. The van der Waals surface area contributed by atoms with E-state index in [0.717, 1.165) is 27.1 Å². The van der Waals surface area contributed by atoms with Crippen molar-refractivity contribution < 1.29 is 4.79 Å². The molecule has 6 nitrogen and oxygen atoms in total. The number of carbonyl (C=O) groups is 1. The Morgan fingerprint density at radius 3 is 2.48 bits per heavy atom. The molecule has 0 saturated carbocycles. The van der Waals surface area contributed by atoms with Gasteiger partial charge in [-0.3, -0.25) is 4.79 Å². The number of nitrogens with one attached hydrogen (secondary N) is 2. The Morgan fingerprint density at radius 1 is 1.08 bits per heavy atom. The predicted octanol–water partition coefficient (Wildman–Crippen LogP) is 4.62. The third-order valence-corrected chi connectivity index (χ3v) is 5.00. The first kappa shape index (κ1) is 17.5. The molecule has 0 aliphatic rings. The van der Waals surface area contributed by atoms with Crippen LogP contribution in [0, 0.1) is 20.8 Å². The van der Waals surface area contributed by atoms with E-state index in [1.165, 1.54) is 11.3 Å². The van der Waals surface area contributed by atoms with Crippen molar-refractivity contribution in [3.63, 3.8) is 0 Å². The van der Waals surface area contributed by atoms with Gasteiger partial charge in [0.25, 0.3) is 5.91 Å². The van der Waals surface area contributed by atoms with Gasteiger partial charge in [0.2, 0.25) is 5.95 Å². The molecule has 0 radical (unpaired) electrons. The number of rotatable bonds is 4. The summed E-state index contributed by atoms with van der Waals surface area (Å²) < 4.78 is 0.999. The smallest absolute Gasteiger partial charge is 0.275 e. The van der Waals surface area contributed by atoms with Gasteiger partial charge in [0.05, 0.1) is 0 Å². The molecule has 3 rings (SSSR count). The van der Waals surface area contributed by atoms with Crippen LogP contribution in [-0.2, 0) is 0 Å². The van der Waals surface area contributed by atoms with E-state index < -0.39 is 0 Å². The molecule has 0 unspecified atom stereocenters. The van der Waals surface area contributed by atoms with Gasteiger partial charge < -0.3 is 10.6 Å². The van der Waals surface area contributed by atoms with E-state index >= 15 is 0 Å². The molecule has 1 aromatic carbocycles. The van der Waals surface area contributed by atoms with E-state index in [4.69, 9.17) is 0 Å². The molecule has 0 fully saturated rings. The second kappa shape index (κ2) is 7.28. The van der Waals surface area contributed by atoms with Crippen molar-refractivity contribution in [3.05, 3.63) is 56.8 Å². The maximum atomic E-state index is 12.3. The fraction of sp³-hybridized carbons (Fsp3) is 0.176. The van der Waals surface area contributed by atoms with Gasteiger partial charge in [0.1, 0.15) is 5.69 Å². The first-order chi connectivity index (χ1) is 11.9. The monoisotopic (exact) mass is 417 g/mol. The number of hydrogen-bond donors (Lipinski definition) is 2. The molecule has 2 heterocycles. The van der Waals surface area contributed by atoms with Gasteiger partial charge in [-0.15, -0.1) is 11.3 Å². The van der Waals surface area contributed by atoms with E-state index in [9.17, 15) is 4.79 Å². The fourth-order valence-electron chi connectivity index (χ4n) is 2.23. The molecule has 25 heavy (non-hydrogen) atoms. The van der Waals surface area contributed by atoms with Crippen LogP contribution in [0.15, 0.2) is 34.1 Å². The zero-order valence-electron chi connectivity index (χ0n) is 13.9. The van der Waals surface area contributed by atoms with Crippen LogP contribution in [0.3, 0.4) is 0 Å². The average Bonchev–Trinajstić information content (AvgIpc) is 2.98. The van der Waals surface area contributed by atoms with Crippen LogP contribution in [0.5, 0.6) is 0 Å². The quantitative estimate of drug-likeness (QED) is 0.647. The van der Waals surface area contributed by atoms with Crippen molar-refractivity contribution in [2.24, 2.45) is 0 Å². The number of amides is 1. The summed E-state index contributed by atoms with van der Waals surface area (Å²) >= 11 is 4.77. The van der Waals surface area contributed by atoms with Gasteiger partial charge in [-0.05, 0) is 50.6 Å². The lowest BCUT2D eigenvalue weighted by Crippen LogP contribution is -2.12. The van der Waals surface area contributed by atoms with Crippen molar-refractivity contribution >= 4 is 49.9 Å². The minimum Gasteiger partial charge on any atom is -0.321 e. The van der Waals surface area contributed by atoms with E-state index in [1.54, 1.807) is 5.38 Å². The van der Waals surface area contributed by atoms with Crippen molar-refractivity contribution in [3.8, 4) is 0 Å². The first-order valence-electron chi connectivity index (χ1n) is 7.53. The van der Waals surface area contributed by atoms with Crippen LogP contribution in [-0.4, -0.2) is 20.9 Å². The number of benzene rings is 1. The van der Waals surface area contributed by atoms with Crippen LogP contribution < -0.4 is 10.6 Å². The lowest BCUT2D eigenvalue weighted by molar-refractivity contribution is 0.102. The summed E-state index contributed by atoms with van der Waals surface area (Å²) in [7, 11) is 0. The molecule has 2 N–H and O–H groups in total. The summed E-state index contributed by atoms with van der Waals surface area (Å²) in [5, 5.41) is 8.16. The molecule has 0 saturated heterocycles. The molecule has 0 aliphatic carbocycles. The summed E-state index contributed by atoms with van der Waals surface area (Å²) in [5.41, 5.74) is 3.86. The average molecular weight is 418 g/mol. The number of carbonyl (C=O) groups excluding carboxylic acids is 1. The highest BCUT2D eigenvalue weighted by atomic mass is 79.9. The van der Waals surface area contributed by atoms with Gasteiger partial charge in [-0.2, -0.15) is 0 Å². The van der Waals surface area contributed by atoms with Crippen LogP contribution in [0.2, 0.25) is 0 Å². The normalized spacial score (nSPS) is 10.6. The third-order valence-electron chi connectivity index (χ3n) is 3.35. The SMILES string of the molecule is Cc1cc(C)nc(Nc2nc(C(=O)Nc3ccc(Br)c(C)c3)cs2)n1. The molecule has 3 aromatic rings. The second-order valence-electron chi connectivity index (χ2n) is 5.56. The van der Waals surface area contributed by atoms with E-state index in [1.807, 2.05) is 45.0 Å². The van der Waals surface area contributed by atoms with Crippen molar-refractivity contribution in [1.29, 1.82) is 0 Å². The molecule has 128 valence electrons. The van der Waals surface area contributed by atoms with Gasteiger partial charge >= 0.3 is 0 Å². The Morgan fingerprint density at radius 2 is 1.80 bits per heavy atom. The molecule has 2 aromatic heterocycles. The van der Waals surface area contributed by atoms with Gasteiger partial charge in [-0.25, -0.2) is 15.0 Å². The highest BCUT2D eigenvalue weighted by Crippen LogP contribution is 2.22. The van der Waals surface area contributed by atoms with Gasteiger partial charge in [0.15, 0.2) is 5.13 Å². The van der Waals surface area contributed by atoms with Crippen LogP contribution in [0.1, 0.15) is 27.4 Å². The van der Waals surface area contributed by atoms with Gasteiger partial charge in [0, 0.05) is 26.9 Å². The van der Waals surface area contributed by atoms with E-state index in [0.29, 0.717) is 16.8 Å². The highest BCUT2D eigenvalue weighted by Gasteiger charge is 2.12. The summed E-state index contributed by atoms with van der Waals surface area (Å²) in [6.45, 7) is 5.77. The van der Waals surface area contributed by atoms with Crippen LogP contribution >= 0.6 is 27.3 Å². The minimum atomic E-state index is -0.257. The zero-order chi connectivity index (χ0) is 18.0. The Bertz CT molecular complexity index is 920. The fourth-order valence-corrected chi connectivity index (χ4v) is 3.16. The van der Waals surface area contributed by atoms with Crippen molar-refractivity contribution in [2.45, 2.75) is 20.8 Å². The van der Waals surface area contributed by atoms with Crippen molar-refractivity contribution in [1.82, 2.24) is 15.0 Å². The Labute approximate surface area is 157 Å². The maximum Gasteiger partial charge on any atom is 0.275 e.